The predicted octanol–water partition coefficient (Wildman–Crippen LogP) is 3.54. The van der Waals surface area contributed by atoms with Gasteiger partial charge < -0.3 is 4.74 Å². The molecule has 1 aromatic carbocycles. The highest BCUT2D eigenvalue weighted by molar-refractivity contribution is 9.10. The van der Waals surface area contributed by atoms with Crippen LogP contribution in [0, 0.1) is 0 Å². The molecule has 1 rings (SSSR count). The van der Waals surface area contributed by atoms with Gasteiger partial charge >= 0.3 is 5.97 Å². The molecule has 0 N–H and O–H groups in total. The molecule has 2 nitrogen and oxygen atoms in total. The van der Waals surface area contributed by atoms with Crippen molar-refractivity contribution in [1.29, 1.82) is 0 Å². The van der Waals surface area contributed by atoms with E-state index in [-0.39, 0.29) is 5.02 Å². The van der Waals surface area contributed by atoms with E-state index in [1.165, 1.54) is 19.2 Å². The van der Waals surface area contributed by atoms with Crippen LogP contribution in [0.3, 0.4) is 0 Å². The summed E-state index contributed by atoms with van der Waals surface area (Å²) in [5.74, 6) is -0.484. The summed E-state index contributed by atoms with van der Waals surface area (Å²) in [5, 5.41) is 0.734. The molecule has 0 spiro atoms. The summed E-state index contributed by atoms with van der Waals surface area (Å²) in [4.78, 5) is 11.1. The molecule has 0 bridgehead atoms. The maximum Gasteiger partial charge on any atom is 0.339 e. The molecule has 0 saturated carbocycles. The van der Waals surface area contributed by atoms with Gasteiger partial charge in [-0.1, -0.05) is 23.2 Å². The Morgan fingerprint density at radius 2 is 2.00 bits per heavy atom. The number of hydrogen-bond donors (Lipinski definition) is 0. The van der Waals surface area contributed by atoms with Crippen molar-refractivity contribution >= 4 is 45.1 Å². The molecule has 1 aromatic rings. The van der Waals surface area contributed by atoms with E-state index >= 15 is 0 Å². The second-order valence-electron chi connectivity index (χ2n) is 2.24. The lowest BCUT2D eigenvalue weighted by atomic mass is 10.2. The number of carbonyl (C=O) groups is 1. The van der Waals surface area contributed by atoms with Gasteiger partial charge in [-0.15, -0.1) is 0 Å². The van der Waals surface area contributed by atoms with Gasteiger partial charge in [0.2, 0.25) is 0 Å². The van der Waals surface area contributed by atoms with Crippen LogP contribution in [0.1, 0.15) is 10.4 Å². The van der Waals surface area contributed by atoms with Gasteiger partial charge in [0.1, 0.15) is 0 Å². The first-order valence-corrected chi connectivity index (χ1v) is 4.84. The number of hydrogen-bond acceptors (Lipinski definition) is 2. The van der Waals surface area contributed by atoms with Crippen LogP contribution >= 0.6 is 39.1 Å². The van der Waals surface area contributed by atoms with Gasteiger partial charge in [-0.25, -0.2) is 4.79 Å². The third kappa shape index (κ3) is 2.36. The lowest BCUT2D eigenvalue weighted by Gasteiger charge is -2.03. The third-order valence-corrected chi connectivity index (χ3v) is 2.93. The zero-order valence-corrected chi connectivity index (χ0v) is 9.70. The second-order valence-corrected chi connectivity index (χ2v) is 3.91. The minimum absolute atomic E-state index is 0.278. The highest BCUT2D eigenvalue weighted by Gasteiger charge is 2.12. The quantitative estimate of drug-likeness (QED) is 0.582. The van der Waals surface area contributed by atoms with E-state index < -0.39 is 5.97 Å². The summed E-state index contributed by atoms with van der Waals surface area (Å²) in [7, 11) is 1.29. The minimum atomic E-state index is -0.484. The number of esters is 1. The van der Waals surface area contributed by atoms with Gasteiger partial charge in [0.15, 0.2) is 0 Å². The van der Waals surface area contributed by atoms with Crippen LogP contribution < -0.4 is 0 Å². The summed E-state index contributed by atoms with van der Waals surface area (Å²) in [5.41, 5.74) is 0.292. The van der Waals surface area contributed by atoms with Gasteiger partial charge in [-0.3, -0.25) is 0 Å². The molecule has 0 radical (unpaired) electrons. The first-order chi connectivity index (χ1) is 6.06. The maximum atomic E-state index is 11.1. The van der Waals surface area contributed by atoms with E-state index in [1.54, 1.807) is 0 Å². The van der Waals surface area contributed by atoms with Crippen molar-refractivity contribution in [2.24, 2.45) is 0 Å². The van der Waals surface area contributed by atoms with E-state index in [1.807, 2.05) is 0 Å². The number of benzene rings is 1. The third-order valence-electron chi connectivity index (χ3n) is 1.42. The molecular formula is C8H5BrCl2O2. The lowest BCUT2D eigenvalue weighted by Crippen LogP contribution is -2.01. The zero-order chi connectivity index (χ0) is 10.0. The summed E-state index contributed by atoms with van der Waals surface area (Å²) < 4.78 is 5.13. The van der Waals surface area contributed by atoms with Crippen molar-refractivity contribution in [3.8, 4) is 0 Å². The average molecular weight is 284 g/mol. The Bertz CT molecular complexity index is 352. The summed E-state index contributed by atoms with van der Waals surface area (Å²) in [6, 6.07) is 3.01. The van der Waals surface area contributed by atoms with Crippen molar-refractivity contribution in [3.05, 3.63) is 32.2 Å². The molecule has 0 aromatic heterocycles. The Labute approximate surface area is 93.9 Å². The van der Waals surface area contributed by atoms with Crippen molar-refractivity contribution in [2.45, 2.75) is 0 Å². The standard InChI is InChI=1S/C8H5BrCl2O2/c1-13-8(12)4-2-5(9)7(11)3-6(4)10/h2-3H,1H3. The highest BCUT2D eigenvalue weighted by Crippen LogP contribution is 2.29. The fraction of sp³-hybridized carbons (Fsp3) is 0.125. The topological polar surface area (TPSA) is 26.3 Å². The normalized spacial score (nSPS) is 9.85. The molecule has 0 atom stereocenters. The number of rotatable bonds is 1. The van der Waals surface area contributed by atoms with E-state index in [9.17, 15) is 4.79 Å². The van der Waals surface area contributed by atoms with Crippen molar-refractivity contribution < 1.29 is 9.53 Å². The zero-order valence-electron chi connectivity index (χ0n) is 6.61. The SMILES string of the molecule is COC(=O)c1cc(Br)c(Cl)cc1Cl. The van der Waals surface area contributed by atoms with Gasteiger partial charge in [-0.05, 0) is 28.1 Å². The lowest BCUT2D eigenvalue weighted by molar-refractivity contribution is 0.0601. The van der Waals surface area contributed by atoms with Crippen LogP contribution in [-0.2, 0) is 4.74 Å². The van der Waals surface area contributed by atoms with Gasteiger partial charge in [-0.2, -0.15) is 0 Å². The number of halogens is 3. The molecular weight excluding hydrogens is 279 g/mol. The molecule has 0 heterocycles. The van der Waals surface area contributed by atoms with E-state index in [4.69, 9.17) is 23.2 Å². The van der Waals surface area contributed by atoms with Crippen LogP contribution in [0.2, 0.25) is 10.0 Å². The first kappa shape index (κ1) is 10.8. The number of carbonyl (C=O) groups excluding carboxylic acids is 1. The molecule has 0 fully saturated rings. The molecule has 0 saturated heterocycles. The van der Waals surface area contributed by atoms with Crippen LogP contribution in [-0.4, -0.2) is 13.1 Å². The minimum Gasteiger partial charge on any atom is -0.465 e. The Balaban J connectivity index is 3.23. The van der Waals surface area contributed by atoms with Crippen molar-refractivity contribution in [1.82, 2.24) is 0 Å². The molecule has 0 amide bonds. The Morgan fingerprint density at radius 1 is 1.38 bits per heavy atom. The largest absolute Gasteiger partial charge is 0.465 e. The van der Waals surface area contributed by atoms with Crippen LogP contribution in [0.5, 0.6) is 0 Å². The summed E-state index contributed by atoms with van der Waals surface area (Å²) in [6.07, 6.45) is 0. The molecule has 0 aliphatic heterocycles. The molecule has 5 heteroatoms. The molecule has 0 unspecified atom stereocenters. The summed E-state index contributed by atoms with van der Waals surface area (Å²) in [6.45, 7) is 0. The van der Waals surface area contributed by atoms with Gasteiger partial charge in [0.05, 0.1) is 22.7 Å². The smallest absolute Gasteiger partial charge is 0.339 e. The number of ether oxygens (including phenoxy) is 1. The molecule has 0 aliphatic carbocycles. The average Bonchev–Trinajstić information content (AvgIpc) is 2.10. The Morgan fingerprint density at radius 3 is 2.54 bits per heavy atom. The number of methoxy groups -OCH3 is 1. The van der Waals surface area contributed by atoms with Crippen molar-refractivity contribution in [3.63, 3.8) is 0 Å². The van der Waals surface area contributed by atoms with Crippen LogP contribution in [0.25, 0.3) is 0 Å². The molecule has 0 aliphatic rings. The highest BCUT2D eigenvalue weighted by atomic mass is 79.9. The van der Waals surface area contributed by atoms with E-state index in [2.05, 4.69) is 20.7 Å². The monoisotopic (exact) mass is 282 g/mol. The molecule has 13 heavy (non-hydrogen) atoms. The first-order valence-electron chi connectivity index (χ1n) is 3.29. The van der Waals surface area contributed by atoms with Gasteiger partial charge in [0, 0.05) is 4.47 Å². The van der Waals surface area contributed by atoms with E-state index in [0.29, 0.717) is 15.1 Å². The Kier molecular flexibility index (Phi) is 3.59. The van der Waals surface area contributed by atoms with Crippen LogP contribution in [0.15, 0.2) is 16.6 Å². The fourth-order valence-electron chi connectivity index (χ4n) is 0.789. The second kappa shape index (κ2) is 4.31. The summed E-state index contributed by atoms with van der Waals surface area (Å²) >= 11 is 14.7. The fourth-order valence-corrected chi connectivity index (χ4v) is 1.59. The maximum absolute atomic E-state index is 11.1. The van der Waals surface area contributed by atoms with Gasteiger partial charge in [0.25, 0.3) is 0 Å². The van der Waals surface area contributed by atoms with Crippen molar-refractivity contribution in [2.75, 3.05) is 7.11 Å². The Hall–Kier alpha value is -0.250. The predicted molar refractivity (Wildman–Crippen MR) is 55.5 cm³/mol. The van der Waals surface area contributed by atoms with E-state index in [0.717, 1.165) is 0 Å². The van der Waals surface area contributed by atoms with Crippen LogP contribution in [0.4, 0.5) is 0 Å². The molecule has 70 valence electrons.